The summed E-state index contributed by atoms with van der Waals surface area (Å²) in [6, 6.07) is 3.12. The van der Waals surface area contributed by atoms with E-state index in [1.807, 2.05) is 0 Å². The zero-order chi connectivity index (χ0) is 11.8. The zero-order valence-corrected chi connectivity index (χ0v) is 8.51. The maximum Gasteiger partial charge on any atom is 0.416 e. The quantitative estimate of drug-likeness (QED) is 0.779. The van der Waals surface area contributed by atoms with Crippen LogP contribution in [0.15, 0.2) is 18.2 Å². The number of alkyl halides is 3. The molecule has 1 aromatic rings. The summed E-state index contributed by atoms with van der Waals surface area (Å²) < 4.78 is 37.1. The number of rotatable bonds is 1. The lowest BCUT2D eigenvalue weighted by Crippen LogP contribution is -2.13. The molecule has 0 amide bonds. The van der Waals surface area contributed by atoms with Crippen LogP contribution in [-0.4, -0.2) is 11.7 Å². The number of hydrogen-bond acceptors (Lipinski definition) is 2. The van der Waals surface area contributed by atoms with Gasteiger partial charge in [0.25, 0.3) is 0 Å². The Morgan fingerprint density at radius 2 is 2.06 bits per heavy atom. The third-order valence-electron chi connectivity index (χ3n) is 2.79. The number of hydrogen-bond donors (Lipinski definition) is 2. The molecule has 1 aliphatic rings. The summed E-state index contributed by atoms with van der Waals surface area (Å²) in [5.74, 6) is -0.283. The molecule has 0 saturated carbocycles. The third-order valence-corrected chi connectivity index (χ3v) is 2.79. The summed E-state index contributed by atoms with van der Waals surface area (Å²) in [6.45, 7) is 0.838. The molecule has 1 aliphatic heterocycles. The minimum atomic E-state index is -4.40. The lowest BCUT2D eigenvalue weighted by atomic mass is 10.0. The first-order valence-corrected chi connectivity index (χ1v) is 5.12. The Bertz CT molecular complexity index is 383. The van der Waals surface area contributed by atoms with Crippen LogP contribution in [0, 0.1) is 0 Å². The number of phenols is 1. The first kappa shape index (κ1) is 11.3. The number of halogens is 3. The molecule has 0 unspecified atom stereocenters. The Labute approximate surface area is 91.1 Å². The van der Waals surface area contributed by atoms with Crippen LogP contribution in [0.1, 0.15) is 30.0 Å². The summed E-state index contributed by atoms with van der Waals surface area (Å²) >= 11 is 0. The average molecular weight is 231 g/mol. The Hall–Kier alpha value is -1.23. The molecular weight excluding hydrogens is 219 g/mol. The van der Waals surface area contributed by atoms with Crippen LogP contribution in [0.3, 0.4) is 0 Å². The fourth-order valence-corrected chi connectivity index (χ4v) is 1.96. The Kier molecular flexibility index (Phi) is 2.80. The predicted octanol–water partition coefficient (Wildman–Crippen LogP) is 2.84. The van der Waals surface area contributed by atoms with E-state index in [-0.39, 0.29) is 11.8 Å². The number of nitrogens with one attached hydrogen (secondary N) is 1. The van der Waals surface area contributed by atoms with Crippen molar-refractivity contribution in [1.29, 1.82) is 0 Å². The van der Waals surface area contributed by atoms with Gasteiger partial charge in [-0.2, -0.15) is 13.2 Å². The highest BCUT2D eigenvalue weighted by molar-refractivity contribution is 5.39. The molecule has 0 aromatic heterocycles. The van der Waals surface area contributed by atoms with Gasteiger partial charge in [0.05, 0.1) is 5.56 Å². The van der Waals surface area contributed by atoms with E-state index in [1.165, 1.54) is 6.07 Å². The van der Waals surface area contributed by atoms with E-state index in [0.717, 1.165) is 31.5 Å². The van der Waals surface area contributed by atoms with Crippen LogP contribution >= 0.6 is 0 Å². The van der Waals surface area contributed by atoms with Crippen molar-refractivity contribution in [3.63, 3.8) is 0 Å². The number of benzene rings is 1. The summed E-state index contributed by atoms with van der Waals surface area (Å²) in [5, 5.41) is 12.7. The van der Waals surface area contributed by atoms with Gasteiger partial charge in [-0.3, -0.25) is 0 Å². The van der Waals surface area contributed by atoms with Crippen molar-refractivity contribution < 1.29 is 18.3 Å². The molecule has 1 heterocycles. The number of aromatic hydroxyl groups is 1. The van der Waals surface area contributed by atoms with Crippen molar-refractivity contribution in [3.05, 3.63) is 29.3 Å². The highest BCUT2D eigenvalue weighted by Crippen LogP contribution is 2.36. The van der Waals surface area contributed by atoms with Gasteiger partial charge in [0.1, 0.15) is 5.75 Å². The van der Waals surface area contributed by atoms with Crippen LogP contribution in [0.2, 0.25) is 0 Å². The van der Waals surface area contributed by atoms with E-state index in [4.69, 9.17) is 0 Å². The molecule has 0 bridgehead atoms. The molecule has 1 atom stereocenters. The van der Waals surface area contributed by atoms with Crippen LogP contribution < -0.4 is 5.32 Å². The van der Waals surface area contributed by atoms with Crippen molar-refractivity contribution in [1.82, 2.24) is 5.32 Å². The molecule has 0 aliphatic carbocycles. The van der Waals surface area contributed by atoms with Crippen molar-refractivity contribution >= 4 is 0 Å². The molecule has 1 fully saturated rings. The van der Waals surface area contributed by atoms with Gasteiger partial charge >= 0.3 is 6.18 Å². The van der Waals surface area contributed by atoms with Crippen LogP contribution in [0.5, 0.6) is 5.75 Å². The largest absolute Gasteiger partial charge is 0.508 e. The molecule has 2 nitrogen and oxygen atoms in total. The summed E-state index contributed by atoms with van der Waals surface area (Å²) in [4.78, 5) is 0. The SMILES string of the molecule is Oc1cc(C(F)(F)F)ccc1[C@H]1CCCN1. The van der Waals surface area contributed by atoms with Gasteiger partial charge in [0.15, 0.2) is 0 Å². The Balaban J connectivity index is 2.29. The molecule has 0 spiro atoms. The maximum absolute atomic E-state index is 12.4. The van der Waals surface area contributed by atoms with E-state index in [9.17, 15) is 18.3 Å². The second-order valence-electron chi connectivity index (χ2n) is 3.92. The molecule has 0 radical (unpaired) electrons. The number of phenolic OH excluding ortho intramolecular Hbond substituents is 1. The Morgan fingerprint density at radius 1 is 1.31 bits per heavy atom. The van der Waals surface area contributed by atoms with Crippen molar-refractivity contribution in [2.24, 2.45) is 0 Å². The van der Waals surface area contributed by atoms with Gasteiger partial charge in [-0.15, -0.1) is 0 Å². The maximum atomic E-state index is 12.4. The molecular formula is C11H12F3NO. The fourth-order valence-electron chi connectivity index (χ4n) is 1.96. The van der Waals surface area contributed by atoms with Crippen LogP contribution in [-0.2, 0) is 6.18 Å². The highest BCUT2D eigenvalue weighted by Gasteiger charge is 2.31. The van der Waals surface area contributed by atoms with E-state index in [0.29, 0.717) is 5.56 Å². The zero-order valence-electron chi connectivity index (χ0n) is 8.51. The van der Waals surface area contributed by atoms with Crippen LogP contribution in [0.25, 0.3) is 0 Å². The van der Waals surface area contributed by atoms with E-state index < -0.39 is 11.7 Å². The van der Waals surface area contributed by atoms with E-state index >= 15 is 0 Å². The van der Waals surface area contributed by atoms with Crippen molar-refractivity contribution in [2.75, 3.05) is 6.54 Å². The second kappa shape index (κ2) is 3.97. The second-order valence-corrected chi connectivity index (χ2v) is 3.92. The van der Waals surface area contributed by atoms with Gasteiger partial charge in [-0.1, -0.05) is 6.07 Å². The fraction of sp³-hybridized carbons (Fsp3) is 0.455. The lowest BCUT2D eigenvalue weighted by molar-refractivity contribution is -0.137. The molecule has 5 heteroatoms. The topological polar surface area (TPSA) is 32.3 Å². The molecule has 88 valence electrons. The van der Waals surface area contributed by atoms with E-state index in [2.05, 4.69) is 5.32 Å². The lowest BCUT2D eigenvalue weighted by Gasteiger charge is -2.14. The summed E-state index contributed by atoms with van der Waals surface area (Å²) in [5.41, 5.74) is -0.266. The molecule has 2 rings (SSSR count). The summed E-state index contributed by atoms with van der Waals surface area (Å²) in [6.07, 6.45) is -2.58. The standard InChI is InChI=1S/C11H12F3NO/c12-11(13,14)7-3-4-8(10(16)6-7)9-2-1-5-15-9/h3-4,6,9,15-16H,1-2,5H2/t9-/m1/s1. The minimum absolute atomic E-state index is 0.0257. The average Bonchev–Trinajstić information content (AvgIpc) is 2.69. The third kappa shape index (κ3) is 2.14. The highest BCUT2D eigenvalue weighted by atomic mass is 19.4. The van der Waals surface area contributed by atoms with Gasteiger partial charge in [-0.25, -0.2) is 0 Å². The normalized spacial score (nSPS) is 21.3. The summed E-state index contributed by atoms with van der Waals surface area (Å²) in [7, 11) is 0. The monoisotopic (exact) mass is 231 g/mol. The van der Waals surface area contributed by atoms with Gasteiger partial charge < -0.3 is 10.4 Å². The Morgan fingerprint density at radius 3 is 2.56 bits per heavy atom. The van der Waals surface area contributed by atoms with Gasteiger partial charge in [-0.05, 0) is 31.5 Å². The van der Waals surface area contributed by atoms with Crippen molar-refractivity contribution in [3.8, 4) is 5.75 Å². The first-order chi connectivity index (χ1) is 7.48. The van der Waals surface area contributed by atoms with E-state index in [1.54, 1.807) is 0 Å². The molecule has 2 N–H and O–H groups in total. The van der Waals surface area contributed by atoms with Gasteiger partial charge in [0, 0.05) is 11.6 Å². The molecule has 1 saturated heterocycles. The van der Waals surface area contributed by atoms with Crippen molar-refractivity contribution in [2.45, 2.75) is 25.1 Å². The first-order valence-electron chi connectivity index (χ1n) is 5.12. The van der Waals surface area contributed by atoms with Gasteiger partial charge in [0.2, 0.25) is 0 Å². The predicted molar refractivity (Wildman–Crippen MR) is 53.1 cm³/mol. The minimum Gasteiger partial charge on any atom is -0.508 e. The molecule has 1 aromatic carbocycles. The van der Waals surface area contributed by atoms with Crippen LogP contribution in [0.4, 0.5) is 13.2 Å². The molecule has 16 heavy (non-hydrogen) atoms. The smallest absolute Gasteiger partial charge is 0.416 e.